The molecule has 0 aliphatic rings. The van der Waals surface area contributed by atoms with Gasteiger partial charge in [-0.2, -0.15) is 0 Å². The Balaban J connectivity index is 2.93. The first-order valence-electron chi connectivity index (χ1n) is 5.00. The predicted molar refractivity (Wildman–Crippen MR) is 72.9 cm³/mol. The SMILES string of the molecule is CCNC(CS(C)(=O)=O)c1cc(Br)c(C)s1. The molecule has 3 nitrogen and oxygen atoms in total. The Morgan fingerprint density at radius 2 is 2.19 bits per heavy atom. The summed E-state index contributed by atoms with van der Waals surface area (Å²) in [5.74, 6) is 0.146. The molecule has 6 heteroatoms. The summed E-state index contributed by atoms with van der Waals surface area (Å²) in [6.07, 6.45) is 1.27. The molecule has 1 rings (SSSR count). The van der Waals surface area contributed by atoms with E-state index >= 15 is 0 Å². The van der Waals surface area contributed by atoms with Crippen molar-refractivity contribution in [2.45, 2.75) is 19.9 Å². The van der Waals surface area contributed by atoms with Gasteiger partial charge in [0.2, 0.25) is 0 Å². The Hall–Kier alpha value is 0.0900. The molecule has 1 aromatic heterocycles. The van der Waals surface area contributed by atoms with Crippen molar-refractivity contribution in [1.29, 1.82) is 0 Å². The number of hydrogen-bond donors (Lipinski definition) is 1. The summed E-state index contributed by atoms with van der Waals surface area (Å²) in [5, 5.41) is 3.21. The molecule has 0 amide bonds. The van der Waals surface area contributed by atoms with E-state index in [-0.39, 0.29) is 11.8 Å². The van der Waals surface area contributed by atoms with E-state index in [1.165, 1.54) is 11.1 Å². The molecule has 1 aromatic rings. The lowest BCUT2D eigenvalue weighted by atomic mass is 10.2. The zero-order chi connectivity index (χ0) is 12.3. The Kier molecular flexibility index (Phi) is 4.97. The minimum absolute atomic E-state index is 0.102. The summed E-state index contributed by atoms with van der Waals surface area (Å²) < 4.78 is 23.7. The third kappa shape index (κ3) is 4.16. The van der Waals surface area contributed by atoms with Crippen molar-refractivity contribution in [3.63, 3.8) is 0 Å². The van der Waals surface area contributed by atoms with Crippen molar-refractivity contribution in [1.82, 2.24) is 5.32 Å². The number of nitrogens with one attached hydrogen (secondary N) is 1. The van der Waals surface area contributed by atoms with Gasteiger partial charge in [0.1, 0.15) is 9.84 Å². The molecule has 0 spiro atoms. The number of halogens is 1. The van der Waals surface area contributed by atoms with Crippen molar-refractivity contribution in [2.24, 2.45) is 0 Å². The average Bonchev–Trinajstić information content (AvgIpc) is 2.44. The lowest BCUT2D eigenvalue weighted by Gasteiger charge is -2.14. The van der Waals surface area contributed by atoms with Crippen LogP contribution in [0.1, 0.15) is 22.7 Å². The van der Waals surface area contributed by atoms with E-state index in [1.54, 1.807) is 11.3 Å². The van der Waals surface area contributed by atoms with Crippen LogP contribution in [0.25, 0.3) is 0 Å². The summed E-state index contributed by atoms with van der Waals surface area (Å²) in [4.78, 5) is 2.24. The maximum atomic E-state index is 11.3. The van der Waals surface area contributed by atoms with Gasteiger partial charge < -0.3 is 5.32 Å². The van der Waals surface area contributed by atoms with Crippen LogP contribution in [0.15, 0.2) is 10.5 Å². The van der Waals surface area contributed by atoms with Gasteiger partial charge in [0.15, 0.2) is 0 Å². The summed E-state index contributed by atoms with van der Waals surface area (Å²) in [7, 11) is -2.97. The fourth-order valence-corrected chi connectivity index (χ4v) is 4.09. The smallest absolute Gasteiger partial charge is 0.149 e. The molecule has 0 aromatic carbocycles. The third-order valence-electron chi connectivity index (χ3n) is 2.14. The molecule has 0 saturated heterocycles. The first-order chi connectivity index (χ1) is 7.33. The van der Waals surface area contributed by atoms with Crippen molar-refractivity contribution in [2.75, 3.05) is 18.6 Å². The lowest BCUT2D eigenvalue weighted by molar-refractivity contribution is 0.567. The Labute approximate surface area is 109 Å². The van der Waals surface area contributed by atoms with E-state index in [2.05, 4.69) is 21.2 Å². The highest BCUT2D eigenvalue weighted by atomic mass is 79.9. The molecule has 0 aliphatic carbocycles. The summed E-state index contributed by atoms with van der Waals surface area (Å²) in [6.45, 7) is 4.75. The molecule has 1 N–H and O–H groups in total. The monoisotopic (exact) mass is 325 g/mol. The van der Waals surface area contributed by atoms with Gasteiger partial charge in [0, 0.05) is 20.5 Å². The largest absolute Gasteiger partial charge is 0.309 e. The molecule has 1 unspecified atom stereocenters. The van der Waals surface area contributed by atoms with Crippen LogP contribution in [-0.2, 0) is 9.84 Å². The normalized spacial score (nSPS) is 14.0. The van der Waals surface area contributed by atoms with Gasteiger partial charge in [0.05, 0.1) is 11.8 Å². The Bertz CT molecular complexity index is 434. The quantitative estimate of drug-likeness (QED) is 0.904. The fourth-order valence-electron chi connectivity index (χ4n) is 1.44. The second-order valence-corrected chi connectivity index (χ2v) is 8.08. The maximum absolute atomic E-state index is 11.3. The summed E-state index contributed by atoms with van der Waals surface area (Å²) in [5.41, 5.74) is 0. The highest BCUT2D eigenvalue weighted by molar-refractivity contribution is 9.10. The van der Waals surface area contributed by atoms with Crippen LogP contribution in [-0.4, -0.2) is 27.0 Å². The highest BCUT2D eigenvalue weighted by Crippen LogP contribution is 2.31. The van der Waals surface area contributed by atoms with Crippen LogP contribution >= 0.6 is 27.3 Å². The second-order valence-electron chi connectivity index (χ2n) is 3.76. The molecule has 0 radical (unpaired) electrons. The number of rotatable bonds is 5. The van der Waals surface area contributed by atoms with Crippen LogP contribution in [0.4, 0.5) is 0 Å². The van der Waals surface area contributed by atoms with E-state index in [0.717, 1.165) is 15.9 Å². The molecule has 0 saturated carbocycles. The van der Waals surface area contributed by atoms with Crippen LogP contribution in [0, 0.1) is 6.92 Å². The van der Waals surface area contributed by atoms with Crippen molar-refractivity contribution >= 4 is 37.1 Å². The van der Waals surface area contributed by atoms with Crippen LogP contribution in [0.5, 0.6) is 0 Å². The summed E-state index contributed by atoms with van der Waals surface area (Å²) in [6, 6.07) is 1.90. The van der Waals surface area contributed by atoms with E-state index in [0.29, 0.717) is 0 Å². The van der Waals surface area contributed by atoms with E-state index in [4.69, 9.17) is 0 Å². The molecule has 16 heavy (non-hydrogen) atoms. The fraction of sp³-hybridized carbons (Fsp3) is 0.600. The topological polar surface area (TPSA) is 46.2 Å². The first kappa shape index (κ1) is 14.2. The van der Waals surface area contributed by atoms with Gasteiger partial charge >= 0.3 is 0 Å². The van der Waals surface area contributed by atoms with Gasteiger partial charge in [-0.1, -0.05) is 6.92 Å². The van der Waals surface area contributed by atoms with Crippen LogP contribution < -0.4 is 5.32 Å². The van der Waals surface area contributed by atoms with Crippen LogP contribution in [0.3, 0.4) is 0 Å². The minimum Gasteiger partial charge on any atom is -0.309 e. The standard InChI is InChI=1S/C10H16BrNO2S2/c1-4-12-9(6-16(3,13)14)10-5-8(11)7(2)15-10/h5,9,12H,4,6H2,1-3H3. The van der Waals surface area contributed by atoms with E-state index < -0.39 is 9.84 Å². The molecule has 0 aliphatic heterocycles. The van der Waals surface area contributed by atoms with Gasteiger partial charge in [-0.25, -0.2) is 8.42 Å². The van der Waals surface area contributed by atoms with E-state index in [1.807, 2.05) is 19.9 Å². The Morgan fingerprint density at radius 3 is 2.56 bits per heavy atom. The molecule has 1 heterocycles. The van der Waals surface area contributed by atoms with Gasteiger partial charge in [0.25, 0.3) is 0 Å². The lowest BCUT2D eigenvalue weighted by Crippen LogP contribution is -2.26. The van der Waals surface area contributed by atoms with Crippen molar-refractivity contribution in [3.05, 3.63) is 20.3 Å². The zero-order valence-corrected chi connectivity index (χ0v) is 12.8. The van der Waals surface area contributed by atoms with Gasteiger partial charge in [-0.05, 0) is 35.5 Å². The minimum atomic E-state index is -2.97. The zero-order valence-electron chi connectivity index (χ0n) is 9.58. The second kappa shape index (κ2) is 5.62. The van der Waals surface area contributed by atoms with Crippen molar-refractivity contribution in [3.8, 4) is 0 Å². The van der Waals surface area contributed by atoms with Crippen LogP contribution in [0.2, 0.25) is 0 Å². The maximum Gasteiger partial charge on any atom is 0.149 e. The molecule has 1 atom stereocenters. The predicted octanol–water partition coefficient (Wildman–Crippen LogP) is 2.51. The molecule has 0 bridgehead atoms. The van der Waals surface area contributed by atoms with Gasteiger partial charge in [-0.15, -0.1) is 11.3 Å². The van der Waals surface area contributed by atoms with Crippen molar-refractivity contribution < 1.29 is 8.42 Å². The molecular formula is C10H16BrNO2S2. The summed E-state index contributed by atoms with van der Waals surface area (Å²) >= 11 is 5.08. The number of aryl methyl sites for hydroxylation is 1. The van der Waals surface area contributed by atoms with E-state index in [9.17, 15) is 8.42 Å². The van der Waals surface area contributed by atoms with Gasteiger partial charge in [-0.3, -0.25) is 0 Å². The number of hydrogen-bond acceptors (Lipinski definition) is 4. The highest BCUT2D eigenvalue weighted by Gasteiger charge is 2.19. The number of sulfone groups is 1. The molecular weight excluding hydrogens is 310 g/mol. The Morgan fingerprint density at radius 1 is 1.56 bits per heavy atom. The first-order valence-corrected chi connectivity index (χ1v) is 8.67. The molecule has 92 valence electrons. The average molecular weight is 326 g/mol. The third-order valence-corrected chi connectivity index (χ3v) is 5.33. The number of thiophene rings is 1. The molecule has 0 fully saturated rings.